The molecule has 0 aromatic carbocycles. The van der Waals surface area contributed by atoms with Gasteiger partial charge >= 0.3 is 0 Å². The number of rotatable bonds is 6. The van der Waals surface area contributed by atoms with Crippen molar-refractivity contribution in [2.75, 3.05) is 38.7 Å². The molecule has 0 unspecified atom stereocenters. The van der Waals surface area contributed by atoms with Gasteiger partial charge in [0.05, 0.1) is 20.1 Å². The van der Waals surface area contributed by atoms with E-state index in [4.69, 9.17) is 0 Å². The molecule has 0 spiro atoms. The third kappa shape index (κ3) is 20.5. The second kappa shape index (κ2) is 14.4. The zero-order valence-corrected chi connectivity index (χ0v) is 12.7. The molecular formula is C10H24N2S3. The molecule has 0 aliphatic rings. The molecule has 0 aliphatic carbocycles. The predicted octanol–water partition coefficient (Wildman–Crippen LogP) is 0.702. The van der Waals surface area contributed by atoms with Crippen LogP contribution in [0.25, 0.3) is 0 Å². The highest BCUT2D eigenvalue weighted by atomic mass is 32.2. The Hall–Kier alpha value is 0.420. The second-order valence-corrected chi connectivity index (χ2v) is 5.29. The van der Waals surface area contributed by atoms with Gasteiger partial charge in [-0.2, -0.15) is 11.8 Å². The van der Waals surface area contributed by atoms with Gasteiger partial charge in [-0.3, -0.25) is 0 Å². The summed E-state index contributed by atoms with van der Waals surface area (Å²) in [6.45, 7) is 7.80. The summed E-state index contributed by atoms with van der Waals surface area (Å²) in [6, 6.07) is 0. The molecule has 0 atom stereocenters. The van der Waals surface area contributed by atoms with Gasteiger partial charge in [-0.25, -0.2) is 0 Å². The van der Waals surface area contributed by atoms with Crippen molar-refractivity contribution in [2.45, 2.75) is 20.3 Å². The van der Waals surface area contributed by atoms with E-state index in [0.29, 0.717) is 4.32 Å². The average molecular weight is 269 g/mol. The average Bonchev–Trinajstić information content (AvgIpc) is 2.24. The molecule has 0 heterocycles. The highest BCUT2D eigenvalue weighted by Crippen LogP contribution is 1.92. The first kappa shape index (κ1) is 17.8. The standard InChI is InChI=1S/C5H11NS3.C5H13N/c1-9-4-2-3-6-5(7)8;1-4-6(3)5-2/h2-4H2,1H3,(H2,6,7,8);4-5H2,1-3H3. The van der Waals surface area contributed by atoms with E-state index in [0.717, 1.165) is 13.0 Å². The lowest BCUT2D eigenvalue weighted by molar-refractivity contribution is -0.875. The number of hydrogen-bond acceptors (Lipinski definition) is 3. The fourth-order valence-electron chi connectivity index (χ4n) is 0.657. The fraction of sp³-hybridized carbons (Fsp3) is 0.900. The molecule has 0 aromatic rings. The minimum atomic E-state index is 0.483. The number of thioether (sulfide) groups is 1. The molecule has 2 nitrogen and oxygen atoms in total. The van der Waals surface area contributed by atoms with Crippen LogP contribution in [0.5, 0.6) is 0 Å². The first-order valence-corrected chi connectivity index (χ1v) is 7.54. The molecular weight excluding hydrogens is 244 g/mol. The maximum Gasteiger partial charge on any atom is 0.0740 e. The molecule has 0 aliphatic heterocycles. The van der Waals surface area contributed by atoms with Gasteiger partial charge in [-0.05, 0) is 32.3 Å². The van der Waals surface area contributed by atoms with Crippen LogP contribution >= 0.6 is 24.0 Å². The van der Waals surface area contributed by atoms with Crippen LogP contribution < -0.4 is 10.2 Å². The number of nitrogens with one attached hydrogen (secondary N) is 2. The van der Waals surface area contributed by atoms with Crippen molar-refractivity contribution in [1.82, 2.24) is 5.32 Å². The van der Waals surface area contributed by atoms with Crippen molar-refractivity contribution in [1.29, 1.82) is 0 Å². The summed E-state index contributed by atoms with van der Waals surface area (Å²) < 4.78 is 0.483. The Balaban J connectivity index is 0. The molecule has 5 heteroatoms. The zero-order valence-electron chi connectivity index (χ0n) is 10.3. The number of quaternary nitrogens is 1. The molecule has 0 radical (unpaired) electrons. The van der Waals surface area contributed by atoms with Gasteiger partial charge in [0, 0.05) is 6.54 Å². The van der Waals surface area contributed by atoms with Gasteiger partial charge < -0.3 is 35.1 Å². The van der Waals surface area contributed by atoms with Crippen LogP contribution in [0.4, 0.5) is 0 Å². The van der Waals surface area contributed by atoms with Gasteiger partial charge in [-0.1, -0.05) is 4.32 Å². The largest absolute Gasteiger partial charge is 0.412 e. The van der Waals surface area contributed by atoms with Crippen LogP contribution in [0, 0.1) is 0 Å². The van der Waals surface area contributed by atoms with E-state index in [9.17, 15) is 0 Å². The minimum absolute atomic E-state index is 0.483. The summed E-state index contributed by atoms with van der Waals surface area (Å²) in [5, 5.41) is 2.91. The molecule has 15 heavy (non-hydrogen) atoms. The molecule has 0 aromatic heterocycles. The van der Waals surface area contributed by atoms with E-state index in [1.165, 1.54) is 18.8 Å². The van der Waals surface area contributed by atoms with Crippen LogP contribution in [0.15, 0.2) is 0 Å². The van der Waals surface area contributed by atoms with Crippen LogP contribution in [0.2, 0.25) is 0 Å². The number of thiocarbonyl (C=S) groups is 1. The lowest BCUT2D eigenvalue weighted by Crippen LogP contribution is -3.08. The molecule has 92 valence electrons. The predicted molar refractivity (Wildman–Crippen MR) is 78.9 cm³/mol. The van der Waals surface area contributed by atoms with Crippen LogP contribution in [0.1, 0.15) is 20.3 Å². The van der Waals surface area contributed by atoms with Crippen molar-refractivity contribution in [2.24, 2.45) is 0 Å². The quantitative estimate of drug-likeness (QED) is 0.419. The highest BCUT2D eigenvalue weighted by Gasteiger charge is 1.85. The van der Waals surface area contributed by atoms with Crippen molar-refractivity contribution in [3.05, 3.63) is 0 Å². The number of hydrogen-bond donors (Lipinski definition) is 2. The van der Waals surface area contributed by atoms with E-state index >= 15 is 0 Å². The third-order valence-electron chi connectivity index (χ3n) is 2.00. The lowest BCUT2D eigenvalue weighted by Gasteiger charge is -2.07. The Morgan fingerprint density at radius 2 is 1.93 bits per heavy atom. The SMILES string of the molecule is CC[NH+](C)CC.CSCCCNC(=S)[S-]. The Kier molecular flexibility index (Phi) is 17.1. The summed E-state index contributed by atoms with van der Waals surface area (Å²) in [5.41, 5.74) is 0. The molecule has 2 N–H and O–H groups in total. The van der Waals surface area contributed by atoms with Crippen LogP contribution in [0.3, 0.4) is 0 Å². The van der Waals surface area contributed by atoms with Crippen LogP contribution in [-0.2, 0) is 12.6 Å². The van der Waals surface area contributed by atoms with Crippen molar-refractivity contribution >= 4 is 40.9 Å². The monoisotopic (exact) mass is 268 g/mol. The van der Waals surface area contributed by atoms with E-state index in [2.05, 4.69) is 57.3 Å². The van der Waals surface area contributed by atoms with E-state index in [1.54, 1.807) is 4.90 Å². The van der Waals surface area contributed by atoms with E-state index in [1.807, 2.05) is 11.8 Å². The second-order valence-electron chi connectivity index (χ2n) is 3.22. The molecule has 0 amide bonds. The summed E-state index contributed by atoms with van der Waals surface area (Å²) in [5.74, 6) is 1.17. The summed E-state index contributed by atoms with van der Waals surface area (Å²) in [4.78, 5) is 1.59. The van der Waals surface area contributed by atoms with Gasteiger partial charge in [0.15, 0.2) is 0 Å². The van der Waals surface area contributed by atoms with E-state index < -0.39 is 0 Å². The lowest BCUT2D eigenvalue weighted by atomic mass is 10.5. The van der Waals surface area contributed by atoms with E-state index in [-0.39, 0.29) is 0 Å². The van der Waals surface area contributed by atoms with Gasteiger partial charge in [0.1, 0.15) is 0 Å². The fourth-order valence-corrected chi connectivity index (χ4v) is 1.29. The molecule has 0 bridgehead atoms. The Morgan fingerprint density at radius 3 is 2.20 bits per heavy atom. The first-order valence-electron chi connectivity index (χ1n) is 5.33. The summed E-state index contributed by atoms with van der Waals surface area (Å²) in [7, 11) is 2.19. The smallest absolute Gasteiger partial charge is 0.0740 e. The van der Waals surface area contributed by atoms with Gasteiger partial charge in [0.2, 0.25) is 0 Å². The Bertz CT molecular complexity index is 139. The van der Waals surface area contributed by atoms with Crippen LogP contribution in [-0.4, -0.2) is 43.0 Å². The molecule has 0 saturated heterocycles. The highest BCUT2D eigenvalue weighted by molar-refractivity contribution is 8.00. The van der Waals surface area contributed by atoms with Crippen molar-refractivity contribution in [3.63, 3.8) is 0 Å². The summed E-state index contributed by atoms with van der Waals surface area (Å²) >= 11 is 11.1. The Morgan fingerprint density at radius 1 is 1.40 bits per heavy atom. The molecule has 0 saturated carbocycles. The minimum Gasteiger partial charge on any atom is -0.412 e. The zero-order chi connectivity index (χ0) is 12.1. The van der Waals surface area contributed by atoms with Crippen molar-refractivity contribution < 1.29 is 4.90 Å². The van der Waals surface area contributed by atoms with Crippen molar-refractivity contribution in [3.8, 4) is 0 Å². The first-order chi connectivity index (χ1) is 7.08. The van der Waals surface area contributed by atoms with Gasteiger partial charge in [-0.15, -0.1) is 0 Å². The maximum atomic E-state index is 4.64. The summed E-state index contributed by atoms with van der Waals surface area (Å²) in [6.07, 6.45) is 3.23. The maximum absolute atomic E-state index is 4.64. The normalized spacial score (nSPS) is 9.40. The third-order valence-corrected chi connectivity index (χ3v) is 2.99. The molecule has 0 fully saturated rings. The molecule has 0 rings (SSSR count). The Labute approximate surface area is 110 Å². The van der Waals surface area contributed by atoms with Gasteiger partial charge in [0.25, 0.3) is 0 Å². The topological polar surface area (TPSA) is 16.5 Å².